The monoisotopic (exact) mass is 762 g/mol. The van der Waals surface area contributed by atoms with E-state index in [1.165, 1.54) is 4.90 Å². The Morgan fingerprint density at radius 1 is 0.818 bits per heavy atom. The fraction of sp³-hybridized carbons (Fsp3) is 0.279. The Labute approximate surface area is 324 Å². The minimum Gasteiger partial charge on any atom is -0.508 e. The lowest BCUT2D eigenvalue weighted by atomic mass is 9.88. The number of benzene rings is 4. The number of carbonyl (C=O) groups is 5. The number of phenols is 1. The highest BCUT2D eigenvalue weighted by Crippen LogP contribution is 2.36. The molecule has 2 aliphatic heterocycles. The molecule has 11 nitrogen and oxygen atoms in total. The summed E-state index contributed by atoms with van der Waals surface area (Å²) in [6.07, 6.45) is 2.55. The number of phenolic OH excluding ortho intramolecular Hbond substituents is 1. The van der Waals surface area contributed by atoms with Gasteiger partial charge >= 0.3 is 0 Å². The molecular formula is C43H43ClN4O7. The number of fused-ring (bicyclic) bond motifs is 1. The van der Waals surface area contributed by atoms with E-state index in [4.69, 9.17) is 16.3 Å². The number of carbonyl (C=O) groups excluding carboxylic acids is 5. The number of halogens is 1. The number of ether oxygens (including phenoxy) is 1. The van der Waals surface area contributed by atoms with Crippen LogP contribution in [0.15, 0.2) is 97.1 Å². The summed E-state index contributed by atoms with van der Waals surface area (Å²) in [5, 5.41) is 18.0. The molecule has 1 fully saturated rings. The summed E-state index contributed by atoms with van der Waals surface area (Å²) in [4.78, 5) is 63.7. The maximum atomic E-state index is 13.1. The van der Waals surface area contributed by atoms with Crippen LogP contribution >= 0.6 is 11.6 Å². The number of nitrogens with zero attached hydrogens (tertiary/aromatic N) is 1. The zero-order valence-electron chi connectivity index (χ0n) is 30.3. The van der Waals surface area contributed by atoms with E-state index in [2.05, 4.69) is 28.1 Å². The lowest BCUT2D eigenvalue weighted by molar-refractivity contribution is -0.137. The van der Waals surface area contributed by atoms with Crippen LogP contribution in [0.1, 0.15) is 77.6 Å². The normalized spacial score (nSPS) is 15.5. The number of aromatic hydroxyl groups is 1. The number of amides is 5. The van der Waals surface area contributed by atoms with Crippen molar-refractivity contribution in [1.82, 2.24) is 15.5 Å². The third-order valence-corrected chi connectivity index (χ3v) is 9.86. The minimum absolute atomic E-state index is 0.135. The number of imide groups is 1. The standard InChI is InChI=1S/C43H43ClN4O7/c44-24-23-33(28-7-2-1-3-8-28)41(29-13-17-31(49)18-14-29)30-15-19-32(20-16-30)55-26-25-45-38(50)11-4-5-12-39(51)46-36-10-6-9-34-35(36)27-48(43(34)54)37-21-22-40(52)47-42(37)53/h1-3,6-10,13-20,37,49H,4-5,11-12,21-27H2,(H,45,50)(H,46,51)(H,47,52,53). The first-order chi connectivity index (χ1) is 26.7. The van der Waals surface area contributed by atoms with Gasteiger partial charge in [-0.15, -0.1) is 11.6 Å². The van der Waals surface area contributed by atoms with Crippen LogP contribution in [0.4, 0.5) is 5.69 Å². The minimum atomic E-state index is -0.736. The maximum Gasteiger partial charge on any atom is 0.255 e. The first kappa shape index (κ1) is 38.8. The van der Waals surface area contributed by atoms with E-state index < -0.39 is 11.9 Å². The fourth-order valence-electron chi connectivity index (χ4n) is 6.94. The molecule has 1 unspecified atom stereocenters. The van der Waals surface area contributed by atoms with Crippen molar-refractivity contribution in [3.8, 4) is 11.5 Å². The van der Waals surface area contributed by atoms with Gasteiger partial charge in [0.2, 0.25) is 23.6 Å². The predicted octanol–water partition coefficient (Wildman–Crippen LogP) is 6.44. The van der Waals surface area contributed by atoms with Crippen molar-refractivity contribution in [2.24, 2.45) is 0 Å². The van der Waals surface area contributed by atoms with Crippen LogP contribution in [-0.2, 0) is 25.7 Å². The van der Waals surface area contributed by atoms with Crippen LogP contribution in [0.2, 0.25) is 0 Å². The first-order valence-electron chi connectivity index (χ1n) is 18.4. The van der Waals surface area contributed by atoms with Crippen molar-refractivity contribution in [2.75, 3.05) is 24.3 Å². The maximum absolute atomic E-state index is 13.1. The van der Waals surface area contributed by atoms with E-state index >= 15 is 0 Å². The smallest absolute Gasteiger partial charge is 0.255 e. The second-order valence-corrected chi connectivity index (χ2v) is 13.8. The average Bonchev–Trinajstić information content (AvgIpc) is 3.53. The average molecular weight is 763 g/mol. The van der Waals surface area contributed by atoms with Gasteiger partial charge in [-0.25, -0.2) is 0 Å². The van der Waals surface area contributed by atoms with Gasteiger partial charge in [0, 0.05) is 48.5 Å². The number of hydrogen-bond donors (Lipinski definition) is 4. The van der Waals surface area contributed by atoms with Gasteiger partial charge in [-0.05, 0) is 89.9 Å². The number of rotatable bonds is 16. The second-order valence-electron chi connectivity index (χ2n) is 13.4. The second kappa shape index (κ2) is 18.4. The zero-order chi connectivity index (χ0) is 38.7. The zero-order valence-corrected chi connectivity index (χ0v) is 31.1. The molecule has 0 spiro atoms. The molecule has 0 radical (unpaired) electrons. The Hall–Kier alpha value is -5.94. The van der Waals surface area contributed by atoms with Crippen molar-refractivity contribution >= 4 is 58.0 Å². The number of alkyl halides is 1. The van der Waals surface area contributed by atoms with Gasteiger partial charge in [0.05, 0.1) is 6.54 Å². The highest BCUT2D eigenvalue weighted by molar-refractivity contribution is 6.18. The molecule has 4 aromatic carbocycles. The van der Waals surface area contributed by atoms with Crippen LogP contribution in [-0.4, -0.2) is 64.6 Å². The van der Waals surface area contributed by atoms with Gasteiger partial charge < -0.3 is 25.4 Å². The van der Waals surface area contributed by atoms with E-state index in [1.54, 1.807) is 30.3 Å². The topological polar surface area (TPSA) is 154 Å². The summed E-state index contributed by atoms with van der Waals surface area (Å²) in [5.74, 6) is -0.221. The van der Waals surface area contributed by atoms with Gasteiger partial charge in [-0.1, -0.05) is 60.7 Å². The van der Waals surface area contributed by atoms with Crippen molar-refractivity contribution in [2.45, 2.75) is 57.5 Å². The predicted molar refractivity (Wildman–Crippen MR) is 210 cm³/mol. The number of nitrogens with one attached hydrogen (secondary N) is 3. The molecule has 0 bridgehead atoms. The molecule has 0 aliphatic carbocycles. The van der Waals surface area contributed by atoms with Crippen molar-refractivity contribution in [3.05, 3.63) is 125 Å². The Morgan fingerprint density at radius 3 is 2.20 bits per heavy atom. The number of piperidine rings is 1. The van der Waals surface area contributed by atoms with Gasteiger partial charge in [0.15, 0.2) is 0 Å². The van der Waals surface area contributed by atoms with Crippen LogP contribution in [0.25, 0.3) is 11.1 Å². The summed E-state index contributed by atoms with van der Waals surface area (Å²) in [6.45, 7) is 0.762. The Morgan fingerprint density at radius 2 is 1.51 bits per heavy atom. The first-order valence-corrected chi connectivity index (χ1v) is 19.0. The summed E-state index contributed by atoms with van der Waals surface area (Å²) >= 11 is 6.27. The molecule has 0 saturated carbocycles. The Balaban J connectivity index is 0.940. The number of anilines is 1. The van der Waals surface area contributed by atoms with Gasteiger partial charge in [0.1, 0.15) is 24.1 Å². The van der Waals surface area contributed by atoms with Gasteiger partial charge in [0.25, 0.3) is 5.91 Å². The summed E-state index contributed by atoms with van der Waals surface area (Å²) < 4.78 is 5.91. The van der Waals surface area contributed by atoms with E-state index in [9.17, 15) is 29.1 Å². The van der Waals surface area contributed by atoms with E-state index in [1.807, 2.05) is 54.6 Å². The molecule has 4 aromatic rings. The van der Waals surface area contributed by atoms with E-state index in [-0.39, 0.29) is 68.2 Å². The molecule has 1 atom stereocenters. The molecule has 55 heavy (non-hydrogen) atoms. The molecule has 5 amide bonds. The van der Waals surface area contributed by atoms with Crippen LogP contribution in [0.3, 0.4) is 0 Å². The molecule has 4 N–H and O–H groups in total. The SMILES string of the molecule is O=C(CCCCC(=O)Nc1cccc2c1CN(C1CCC(=O)NC1=O)C2=O)NCCOc1ccc(C(=C(CCCl)c2ccccc2)c2ccc(O)cc2)cc1. The molecule has 1 saturated heterocycles. The molecule has 2 heterocycles. The lowest BCUT2D eigenvalue weighted by Crippen LogP contribution is -2.52. The summed E-state index contributed by atoms with van der Waals surface area (Å²) in [5.41, 5.74) is 6.68. The third-order valence-electron chi connectivity index (χ3n) is 9.67. The number of hydrogen-bond acceptors (Lipinski definition) is 7. The Kier molecular flexibility index (Phi) is 13.0. The quantitative estimate of drug-likeness (QED) is 0.0444. The molecule has 284 valence electrons. The highest BCUT2D eigenvalue weighted by Gasteiger charge is 2.40. The Bertz CT molecular complexity index is 2070. The summed E-state index contributed by atoms with van der Waals surface area (Å²) in [6, 6.07) is 29.3. The van der Waals surface area contributed by atoms with Gasteiger partial charge in [-0.2, -0.15) is 0 Å². The van der Waals surface area contributed by atoms with Crippen LogP contribution in [0.5, 0.6) is 11.5 Å². The molecule has 12 heteroatoms. The van der Waals surface area contributed by atoms with E-state index in [0.29, 0.717) is 54.3 Å². The van der Waals surface area contributed by atoms with Crippen molar-refractivity contribution < 1.29 is 33.8 Å². The third kappa shape index (κ3) is 9.79. The van der Waals surface area contributed by atoms with E-state index in [0.717, 1.165) is 27.8 Å². The fourth-order valence-corrected chi connectivity index (χ4v) is 7.13. The summed E-state index contributed by atoms with van der Waals surface area (Å²) in [7, 11) is 0. The number of allylic oxidation sites excluding steroid dienone is 1. The van der Waals surface area contributed by atoms with Crippen molar-refractivity contribution in [1.29, 1.82) is 0 Å². The van der Waals surface area contributed by atoms with Crippen molar-refractivity contribution in [3.63, 3.8) is 0 Å². The molecule has 6 rings (SSSR count). The van der Waals surface area contributed by atoms with Crippen LogP contribution in [0, 0.1) is 0 Å². The molecule has 0 aromatic heterocycles. The lowest BCUT2D eigenvalue weighted by Gasteiger charge is -2.29. The highest BCUT2D eigenvalue weighted by atomic mass is 35.5. The number of unbranched alkanes of at least 4 members (excludes halogenated alkanes) is 1. The largest absolute Gasteiger partial charge is 0.508 e. The van der Waals surface area contributed by atoms with Crippen LogP contribution < -0.4 is 20.7 Å². The molecule has 2 aliphatic rings. The van der Waals surface area contributed by atoms with Gasteiger partial charge in [-0.3, -0.25) is 29.3 Å². The molecular weight excluding hydrogens is 720 g/mol.